The Balaban J connectivity index is 2.01. The molecule has 2 aliphatic rings. The predicted molar refractivity (Wildman–Crippen MR) is 73.3 cm³/mol. The van der Waals surface area contributed by atoms with Crippen LogP contribution in [0.4, 0.5) is 11.4 Å². The number of hydrogen-bond donors (Lipinski definition) is 1. The van der Waals surface area contributed by atoms with Gasteiger partial charge in [-0.05, 0) is 18.9 Å². The molecular weight excluding hydrogens is 226 g/mol. The van der Waals surface area contributed by atoms with E-state index in [4.69, 9.17) is 0 Å². The van der Waals surface area contributed by atoms with Crippen molar-refractivity contribution in [2.45, 2.75) is 19.0 Å². The van der Waals surface area contributed by atoms with Gasteiger partial charge in [-0.25, -0.2) is 9.28 Å². The lowest BCUT2D eigenvalue weighted by Gasteiger charge is -2.44. The zero-order valence-electron chi connectivity index (χ0n) is 10.8. The SMILES string of the molecule is C[N+]1(C=O)c2ccccc2NCC1N1CCCC1. The highest BCUT2D eigenvalue weighted by molar-refractivity contribution is 5.80. The van der Waals surface area contributed by atoms with Crippen LogP contribution in [0.15, 0.2) is 24.3 Å². The second kappa shape index (κ2) is 4.37. The van der Waals surface area contributed by atoms with Crippen molar-refractivity contribution in [1.29, 1.82) is 0 Å². The third kappa shape index (κ3) is 1.64. The van der Waals surface area contributed by atoms with Gasteiger partial charge in [-0.15, -0.1) is 0 Å². The molecule has 0 aliphatic carbocycles. The molecule has 3 rings (SSSR count). The smallest absolute Gasteiger partial charge is 0.307 e. The van der Waals surface area contributed by atoms with Crippen molar-refractivity contribution < 1.29 is 4.79 Å². The summed E-state index contributed by atoms with van der Waals surface area (Å²) in [7, 11) is 2.02. The molecule has 2 unspecified atom stereocenters. The normalized spacial score (nSPS) is 31.7. The van der Waals surface area contributed by atoms with Gasteiger partial charge in [-0.1, -0.05) is 12.1 Å². The van der Waals surface area contributed by atoms with E-state index in [1.54, 1.807) is 0 Å². The van der Waals surface area contributed by atoms with Crippen LogP contribution in [0.5, 0.6) is 0 Å². The van der Waals surface area contributed by atoms with Gasteiger partial charge in [0.15, 0.2) is 11.9 Å². The van der Waals surface area contributed by atoms with E-state index >= 15 is 0 Å². The van der Waals surface area contributed by atoms with Gasteiger partial charge >= 0.3 is 6.41 Å². The average Bonchev–Trinajstić information content (AvgIpc) is 2.93. The number of likely N-dealkylation sites (N-methyl/N-ethyl adjacent to an activating group) is 1. The van der Waals surface area contributed by atoms with Gasteiger partial charge in [-0.2, -0.15) is 0 Å². The number of carbonyl (C=O) groups excluding carboxylic acids is 1. The van der Waals surface area contributed by atoms with Gasteiger partial charge in [0.25, 0.3) is 0 Å². The maximum atomic E-state index is 11.7. The second-order valence-corrected chi connectivity index (χ2v) is 5.37. The number of benzene rings is 1. The van der Waals surface area contributed by atoms with E-state index in [-0.39, 0.29) is 6.17 Å². The molecule has 2 atom stereocenters. The van der Waals surface area contributed by atoms with Crippen LogP contribution < -0.4 is 9.80 Å². The molecular formula is C14H20N3O+. The van der Waals surface area contributed by atoms with E-state index in [0.717, 1.165) is 37.4 Å². The summed E-state index contributed by atoms with van der Waals surface area (Å²) >= 11 is 0. The minimum Gasteiger partial charge on any atom is -0.373 e. The highest BCUT2D eigenvalue weighted by atomic mass is 16.1. The van der Waals surface area contributed by atoms with Crippen molar-refractivity contribution >= 4 is 17.8 Å². The van der Waals surface area contributed by atoms with Crippen molar-refractivity contribution in [3.63, 3.8) is 0 Å². The third-order valence-corrected chi connectivity index (χ3v) is 4.30. The summed E-state index contributed by atoms with van der Waals surface area (Å²) in [6.07, 6.45) is 3.80. The number of carbonyl (C=O) groups is 1. The molecule has 96 valence electrons. The standard InChI is InChI=1S/C14H20N3O/c1-17(11-18)13-7-3-2-6-12(13)15-10-14(17)16-8-4-5-9-16/h2-3,6-7,11,14-15H,4-5,8-10H2,1H3/q+1. The molecule has 1 N–H and O–H groups in total. The molecule has 0 spiro atoms. The minimum atomic E-state index is 0.222. The summed E-state index contributed by atoms with van der Waals surface area (Å²) in [5, 5.41) is 3.46. The van der Waals surface area contributed by atoms with Crippen molar-refractivity contribution in [2.75, 3.05) is 32.0 Å². The predicted octanol–water partition coefficient (Wildman–Crippen LogP) is 1.63. The number of hydrogen-bond acceptors (Lipinski definition) is 3. The third-order valence-electron chi connectivity index (χ3n) is 4.30. The summed E-state index contributed by atoms with van der Waals surface area (Å²) in [5.41, 5.74) is 2.16. The van der Waals surface area contributed by atoms with Gasteiger partial charge in [0.05, 0.1) is 19.3 Å². The Morgan fingerprint density at radius 2 is 2.06 bits per heavy atom. The maximum Gasteiger partial charge on any atom is 0.307 e. The Hall–Kier alpha value is -1.39. The number of rotatable bonds is 2. The minimum absolute atomic E-state index is 0.222. The number of fused-ring (bicyclic) bond motifs is 1. The fraction of sp³-hybridized carbons (Fsp3) is 0.500. The Kier molecular flexibility index (Phi) is 2.84. The summed E-state index contributed by atoms with van der Waals surface area (Å²) < 4.78 is 0.364. The van der Waals surface area contributed by atoms with Gasteiger partial charge in [0.2, 0.25) is 0 Å². The molecule has 2 aliphatic heterocycles. The summed E-state index contributed by atoms with van der Waals surface area (Å²) in [5.74, 6) is 0. The van der Waals surface area contributed by atoms with E-state index in [1.807, 2.05) is 19.2 Å². The van der Waals surface area contributed by atoms with Crippen LogP contribution in [-0.4, -0.2) is 44.2 Å². The van der Waals surface area contributed by atoms with Crippen molar-refractivity contribution in [2.24, 2.45) is 0 Å². The van der Waals surface area contributed by atoms with Crippen molar-refractivity contribution in [1.82, 2.24) is 9.38 Å². The summed E-state index contributed by atoms with van der Waals surface area (Å²) in [4.78, 5) is 14.2. The quantitative estimate of drug-likeness (QED) is 0.636. The first kappa shape index (κ1) is 11.7. The second-order valence-electron chi connectivity index (χ2n) is 5.37. The van der Waals surface area contributed by atoms with E-state index < -0.39 is 0 Å². The lowest BCUT2D eigenvalue weighted by atomic mass is 10.1. The molecule has 1 aromatic rings. The Bertz CT molecular complexity index is 456. The van der Waals surface area contributed by atoms with E-state index in [9.17, 15) is 4.79 Å². The molecule has 1 fully saturated rings. The number of nitrogens with zero attached hydrogens (tertiary/aromatic N) is 2. The topological polar surface area (TPSA) is 32.3 Å². The number of anilines is 1. The van der Waals surface area contributed by atoms with Gasteiger partial charge in [0.1, 0.15) is 0 Å². The van der Waals surface area contributed by atoms with E-state index in [1.165, 1.54) is 12.8 Å². The van der Waals surface area contributed by atoms with Crippen LogP contribution in [0.3, 0.4) is 0 Å². The molecule has 0 radical (unpaired) electrons. The Morgan fingerprint density at radius 3 is 2.78 bits per heavy atom. The molecule has 2 heterocycles. The maximum absolute atomic E-state index is 11.7. The lowest BCUT2D eigenvalue weighted by Crippen LogP contribution is -2.64. The average molecular weight is 246 g/mol. The van der Waals surface area contributed by atoms with Crippen LogP contribution in [0.25, 0.3) is 0 Å². The molecule has 18 heavy (non-hydrogen) atoms. The fourth-order valence-electron chi connectivity index (χ4n) is 3.23. The first-order chi connectivity index (χ1) is 8.75. The molecule has 4 heteroatoms. The van der Waals surface area contributed by atoms with Gasteiger partial charge in [0, 0.05) is 19.2 Å². The largest absolute Gasteiger partial charge is 0.373 e. The van der Waals surface area contributed by atoms with Crippen LogP contribution >= 0.6 is 0 Å². The molecule has 1 aromatic carbocycles. The molecule has 1 amide bonds. The molecule has 4 nitrogen and oxygen atoms in total. The summed E-state index contributed by atoms with van der Waals surface area (Å²) in [6, 6.07) is 8.12. The Labute approximate surface area is 108 Å². The van der Waals surface area contributed by atoms with Crippen LogP contribution in [0.2, 0.25) is 0 Å². The molecule has 0 bridgehead atoms. The van der Waals surface area contributed by atoms with E-state index in [2.05, 4.69) is 22.3 Å². The van der Waals surface area contributed by atoms with Gasteiger partial charge < -0.3 is 5.32 Å². The lowest BCUT2D eigenvalue weighted by molar-refractivity contribution is -0.121. The summed E-state index contributed by atoms with van der Waals surface area (Å²) in [6.45, 7) is 3.05. The van der Waals surface area contributed by atoms with Crippen LogP contribution in [0, 0.1) is 0 Å². The Morgan fingerprint density at radius 1 is 1.33 bits per heavy atom. The number of nitrogens with one attached hydrogen (secondary N) is 1. The number of likely N-dealkylation sites (tertiary alicyclic amines) is 1. The first-order valence-corrected chi connectivity index (χ1v) is 6.65. The first-order valence-electron chi connectivity index (χ1n) is 6.65. The highest BCUT2D eigenvalue weighted by Gasteiger charge is 2.44. The molecule has 1 saturated heterocycles. The molecule has 0 saturated carbocycles. The number of amides is 1. The number of quaternary nitrogens is 1. The van der Waals surface area contributed by atoms with Gasteiger partial charge in [-0.3, -0.25) is 4.90 Å². The van der Waals surface area contributed by atoms with Crippen molar-refractivity contribution in [3.05, 3.63) is 24.3 Å². The van der Waals surface area contributed by atoms with E-state index in [0.29, 0.717) is 4.48 Å². The zero-order chi connectivity index (χ0) is 12.6. The number of para-hydroxylation sites is 2. The highest BCUT2D eigenvalue weighted by Crippen LogP contribution is 2.36. The monoisotopic (exact) mass is 246 g/mol. The van der Waals surface area contributed by atoms with Crippen LogP contribution in [-0.2, 0) is 4.79 Å². The van der Waals surface area contributed by atoms with Crippen LogP contribution in [0.1, 0.15) is 12.8 Å². The fourth-order valence-corrected chi connectivity index (χ4v) is 3.23. The zero-order valence-corrected chi connectivity index (χ0v) is 10.8. The molecule has 0 aromatic heterocycles. The van der Waals surface area contributed by atoms with Crippen molar-refractivity contribution in [3.8, 4) is 0 Å².